The fourth-order valence-electron chi connectivity index (χ4n) is 1.76. The molecule has 0 unspecified atom stereocenters. The van der Waals surface area contributed by atoms with Gasteiger partial charge in [0.15, 0.2) is 0 Å². The van der Waals surface area contributed by atoms with Gasteiger partial charge in [0, 0.05) is 12.2 Å². The molecule has 0 saturated carbocycles. The first-order valence-electron chi connectivity index (χ1n) is 5.97. The zero-order valence-corrected chi connectivity index (χ0v) is 12.7. The number of halogens is 1. The molecule has 4 heteroatoms. The number of benzene rings is 1. The summed E-state index contributed by atoms with van der Waals surface area (Å²) in [5.41, 5.74) is 0.410. The summed E-state index contributed by atoms with van der Waals surface area (Å²) in [6.45, 7) is 8.06. The van der Waals surface area contributed by atoms with Gasteiger partial charge in [-0.2, -0.15) is 0 Å². The minimum absolute atomic E-state index is 0.111. The van der Waals surface area contributed by atoms with Crippen LogP contribution in [0.25, 0.3) is 0 Å². The molecule has 0 aliphatic heterocycles. The van der Waals surface area contributed by atoms with Crippen LogP contribution in [-0.4, -0.2) is 26.3 Å². The molecule has 0 fully saturated rings. The first-order valence-corrected chi connectivity index (χ1v) is 8.53. The van der Waals surface area contributed by atoms with Crippen molar-refractivity contribution in [3.8, 4) is 0 Å². The molecule has 0 bridgehead atoms. The Morgan fingerprint density at radius 1 is 1.00 bits per heavy atom. The molecule has 0 aliphatic rings. The molecule has 0 radical (unpaired) electrons. The average molecular weight is 273 g/mol. The molecule has 1 aromatic carbocycles. The molecule has 0 atom stereocenters. The summed E-state index contributed by atoms with van der Waals surface area (Å²) in [6, 6.07) is 10.1. The molecule has 0 saturated heterocycles. The van der Waals surface area contributed by atoms with Crippen LogP contribution in [-0.2, 0) is 8.85 Å². The van der Waals surface area contributed by atoms with Crippen LogP contribution in [0, 0.1) is 0 Å². The summed E-state index contributed by atoms with van der Waals surface area (Å²) in [5.74, 6) is 0. The van der Waals surface area contributed by atoms with E-state index in [1.807, 2.05) is 58.0 Å². The van der Waals surface area contributed by atoms with Crippen molar-refractivity contribution >= 4 is 25.3 Å². The SMILES string of the molecule is CC(C)O[Si](CCl)(OC(C)C)c1ccccc1. The minimum Gasteiger partial charge on any atom is -0.388 e. The highest BCUT2D eigenvalue weighted by molar-refractivity contribution is 6.86. The molecule has 0 heterocycles. The Morgan fingerprint density at radius 2 is 1.47 bits per heavy atom. The molecule has 2 nitrogen and oxygen atoms in total. The summed E-state index contributed by atoms with van der Waals surface area (Å²) in [6.07, 6.45) is 0.221. The lowest BCUT2D eigenvalue weighted by Gasteiger charge is -2.32. The first-order chi connectivity index (χ1) is 8.00. The fraction of sp³-hybridized carbons (Fsp3) is 0.538. The van der Waals surface area contributed by atoms with Gasteiger partial charge in [-0.25, -0.2) is 0 Å². The van der Waals surface area contributed by atoms with Gasteiger partial charge in [-0.05, 0) is 32.9 Å². The molecule has 0 aliphatic carbocycles. The zero-order valence-electron chi connectivity index (χ0n) is 10.9. The second kappa shape index (κ2) is 6.54. The molecule has 0 N–H and O–H groups in total. The van der Waals surface area contributed by atoms with Crippen LogP contribution in [0.5, 0.6) is 0 Å². The molecule has 0 amide bonds. The second-order valence-electron chi connectivity index (χ2n) is 4.59. The smallest absolute Gasteiger partial charge is 0.388 e. The third kappa shape index (κ3) is 4.10. The van der Waals surface area contributed by atoms with E-state index in [4.69, 9.17) is 20.5 Å². The van der Waals surface area contributed by atoms with E-state index in [1.165, 1.54) is 0 Å². The third-order valence-corrected chi connectivity index (χ3v) is 6.57. The van der Waals surface area contributed by atoms with Gasteiger partial charge < -0.3 is 8.85 Å². The van der Waals surface area contributed by atoms with Gasteiger partial charge in [0.2, 0.25) is 0 Å². The van der Waals surface area contributed by atoms with Crippen LogP contribution >= 0.6 is 11.6 Å². The largest absolute Gasteiger partial charge is 0.388 e. The van der Waals surface area contributed by atoms with Crippen LogP contribution < -0.4 is 5.19 Å². The number of alkyl halides is 1. The van der Waals surface area contributed by atoms with Crippen molar-refractivity contribution in [1.29, 1.82) is 0 Å². The van der Waals surface area contributed by atoms with Crippen molar-refractivity contribution in [2.45, 2.75) is 39.9 Å². The third-order valence-electron chi connectivity index (χ3n) is 2.24. The van der Waals surface area contributed by atoms with E-state index in [2.05, 4.69) is 0 Å². The van der Waals surface area contributed by atoms with E-state index in [-0.39, 0.29) is 12.2 Å². The van der Waals surface area contributed by atoms with E-state index in [9.17, 15) is 0 Å². The predicted octanol–water partition coefficient (Wildman–Crippen LogP) is 2.96. The lowest BCUT2D eigenvalue weighted by molar-refractivity contribution is 0.119. The standard InChI is InChI=1S/C13H21ClO2Si/c1-11(2)15-17(10-14,16-12(3)4)13-8-6-5-7-9-13/h5-9,11-12H,10H2,1-4H3. The highest BCUT2D eigenvalue weighted by atomic mass is 35.5. The van der Waals surface area contributed by atoms with Crippen molar-refractivity contribution < 1.29 is 8.85 Å². The van der Waals surface area contributed by atoms with E-state index in [1.54, 1.807) is 0 Å². The molecule has 17 heavy (non-hydrogen) atoms. The van der Waals surface area contributed by atoms with Crippen molar-refractivity contribution in [3.63, 3.8) is 0 Å². The maximum Gasteiger partial charge on any atom is 0.388 e. The van der Waals surface area contributed by atoms with Crippen LogP contribution in [0.2, 0.25) is 0 Å². The van der Waals surface area contributed by atoms with Crippen molar-refractivity contribution in [2.75, 3.05) is 5.50 Å². The Morgan fingerprint density at radius 3 is 1.82 bits per heavy atom. The van der Waals surface area contributed by atoms with Gasteiger partial charge in [0.25, 0.3) is 0 Å². The maximum atomic E-state index is 6.16. The Balaban J connectivity index is 3.06. The Labute approximate surface area is 110 Å². The van der Waals surface area contributed by atoms with Gasteiger partial charge in [0.05, 0.1) is 5.50 Å². The quantitative estimate of drug-likeness (QED) is 0.586. The van der Waals surface area contributed by atoms with Gasteiger partial charge >= 0.3 is 8.56 Å². The normalized spacial score (nSPS) is 12.4. The van der Waals surface area contributed by atoms with Crippen molar-refractivity contribution in [3.05, 3.63) is 30.3 Å². The van der Waals surface area contributed by atoms with Gasteiger partial charge in [-0.15, -0.1) is 11.6 Å². The Bertz CT molecular complexity index is 317. The summed E-state index contributed by atoms with van der Waals surface area (Å²) >= 11 is 6.16. The van der Waals surface area contributed by atoms with Gasteiger partial charge in [-0.3, -0.25) is 0 Å². The summed E-state index contributed by atoms with van der Waals surface area (Å²) in [4.78, 5) is 0. The molecule has 1 aromatic rings. The summed E-state index contributed by atoms with van der Waals surface area (Å²) in [7, 11) is -2.51. The number of hydrogen-bond donors (Lipinski definition) is 0. The Hall–Kier alpha value is -0.353. The fourth-order valence-corrected chi connectivity index (χ4v) is 5.43. The second-order valence-corrected chi connectivity index (χ2v) is 8.21. The van der Waals surface area contributed by atoms with Crippen molar-refractivity contribution in [2.24, 2.45) is 0 Å². The van der Waals surface area contributed by atoms with Crippen molar-refractivity contribution in [1.82, 2.24) is 0 Å². The zero-order chi connectivity index (χ0) is 12.9. The van der Waals surface area contributed by atoms with Crippen LogP contribution in [0.15, 0.2) is 30.3 Å². The number of hydrogen-bond acceptors (Lipinski definition) is 2. The lowest BCUT2D eigenvalue weighted by atomic mass is 10.4. The average Bonchev–Trinajstić information content (AvgIpc) is 2.28. The molecular formula is C13H21ClO2Si. The van der Waals surface area contributed by atoms with Gasteiger partial charge in [-0.1, -0.05) is 30.3 Å². The lowest BCUT2D eigenvalue weighted by Crippen LogP contribution is -2.58. The summed E-state index contributed by atoms with van der Waals surface area (Å²) in [5, 5.41) is 1.09. The van der Waals surface area contributed by atoms with Crippen LogP contribution in [0.4, 0.5) is 0 Å². The van der Waals surface area contributed by atoms with Crippen LogP contribution in [0.1, 0.15) is 27.7 Å². The molecule has 0 aromatic heterocycles. The Kier molecular flexibility index (Phi) is 5.66. The summed E-state index contributed by atoms with van der Waals surface area (Å²) < 4.78 is 12.1. The molecular weight excluding hydrogens is 252 g/mol. The minimum atomic E-state index is -2.51. The highest BCUT2D eigenvalue weighted by Gasteiger charge is 2.41. The molecule has 96 valence electrons. The predicted molar refractivity (Wildman–Crippen MR) is 75.0 cm³/mol. The topological polar surface area (TPSA) is 18.5 Å². The number of rotatable bonds is 6. The van der Waals surface area contributed by atoms with E-state index in [0.29, 0.717) is 5.50 Å². The van der Waals surface area contributed by atoms with E-state index >= 15 is 0 Å². The van der Waals surface area contributed by atoms with Crippen LogP contribution in [0.3, 0.4) is 0 Å². The molecule has 1 rings (SSSR count). The maximum absolute atomic E-state index is 6.16. The first kappa shape index (κ1) is 14.7. The monoisotopic (exact) mass is 272 g/mol. The van der Waals surface area contributed by atoms with E-state index < -0.39 is 8.56 Å². The van der Waals surface area contributed by atoms with E-state index in [0.717, 1.165) is 5.19 Å². The van der Waals surface area contributed by atoms with Gasteiger partial charge in [0.1, 0.15) is 0 Å². The molecule has 0 spiro atoms. The highest BCUT2D eigenvalue weighted by Crippen LogP contribution is 2.15.